The quantitative estimate of drug-likeness (QED) is 0.748. The zero-order chi connectivity index (χ0) is 12.3. The van der Waals surface area contributed by atoms with Crippen LogP contribution in [0.2, 0.25) is 0 Å². The van der Waals surface area contributed by atoms with E-state index in [-0.39, 0.29) is 11.2 Å². The van der Waals surface area contributed by atoms with Crippen molar-refractivity contribution in [3.63, 3.8) is 0 Å². The van der Waals surface area contributed by atoms with Crippen molar-refractivity contribution < 1.29 is 9.18 Å². The van der Waals surface area contributed by atoms with Gasteiger partial charge in [-0.3, -0.25) is 0 Å². The van der Waals surface area contributed by atoms with Gasteiger partial charge < -0.3 is 9.69 Å². The minimum Gasteiger partial charge on any atom is -0.374 e. The van der Waals surface area contributed by atoms with E-state index < -0.39 is 0 Å². The third-order valence-electron chi connectivity index (χ3n) is 3.65. The summed E-state index contributed by atoms with van der Waals surface area (Å²) in [5.41, 5.74) is 0.610. The molecule has 0 aliphatic heterocycles. The van der Waals surface area contributed by atoms with E-state index in [1.165, 1.54) is 12.1 Å². The number of carbonyl (C=O) groups excluding carboxylic acids is 1. The molecule has 2 rings (SSSR count). The number of halogens is 1. The molecular weight excluding hydrogens is 217 g/mol. The van der Waals surface area contributed by atoms with Crippen molar-refractivity contribution in [1.82, 2.24) is 0 Å². The molecule has 0 unspecified atom stereocenters. The smallest absolute Gasteiger partial charge is 0.127 e. The van der Waals surface area contributed by atoms with Crippen LogP contribution in [0.4, 0.5) is 10.1 Å². The molecule has 1 aromatic carbocycles. The fraction of sp³-hybridized carbons (Fsp3) is 0.500. The first-order valence-corrected chi connectivity index (χ1v) is 6.08. The second-order valence-electron chi connectivity index (χ2n) is 5.02. The Balaban J connectivity index is 2.10. The summed E-state index contributed by atoms with van der Waals surface area (Å²) in [6.45, 7) is 0.681. The Hall–Kier alpha value is -1.38. The lowest BCUT2D eigenvalue weighted by atomic mass is 9.87. The number of carbonyl (C=O) groups is 1. The highest BCUT2D eigenvalue weighted by atomic mass is 19.1. The Morgan fingerprint density at radius 2 is 2.12 bits per heavy atom. The molecule has 3 heteroatoms. The molecular formula is C14H18FNO. The fourth-order valence-electron chi connectivity index (χ4n) is 2.67. The van der Waals surface area contributed by atoms with Gasteiger partial charge in [0.15, 0.2) is 0 Å². The predicted molar refractivity (Wildman–Crippen MR) is 66.6 cm³/mol. The molecule has 1 aliphatic rings. The van der Waals surface area contributed by atoms with Crippen molar-refractivity contribution >= 4 is 12.0 Å². The van der Waals surface area contributed by atoms with Gasteiger partial charge in [0.2, 0.25) is 0 Å². The summed E-state index contributed by atoms with van der Waals surface area (Å²) < 4.78 is 13.1. The van der Waals surface area contributed by atoms with Gasteiger partial charge in [0.1, 0.15) is 12.1 Å². The van der Waals surface area contributed by atoms with Crippen LogP contribution in [0.3, 0.4) is 0 Å². The first-order valence-electron chi connectivity index (χ1n) is 6.08. The van der Waals surface area contributed by atoms with Crippen LogP contribution in [-0.2, 0) is 4.79 Å². The van der Waals surface area contributed by atoms with Gasteiger partial charge in [0.25, 0.3) is 0 Å². The van der Waals surface area contributed by atoms with Gasteiger partial charge in [-0.25, -0.2) is 4.39 Å². The average molecular weight is 235 g/mol. The molecule has 1 aromatic rings. The van der Waals surface area contributed by atoms with Crippen LogP contribution in [0.5, 0.6) is 0 Å². The topological polar surface area (TPSA) is 20.3 Å². The van der Waals surface area contributed by atoms with Crippen LogP contribution in [0.1, 0.15) is 25.7 Å². The Morgan fingerprint density at radius 1 is 1.41 bits per heavy atom. The van der Waals surface area contributed by atoms with E-state index in [1.807, 2.05) is 18.0 Å². The van der Waals surface area contributed by atoms with E-state index in [9.17, 15) is 9.18 Å². The zero-order valence-electron chi connectivity index (χ0n) is 10.2. The fourth-order valence-corrected chi connectivity index (χ4v) is 2.67. The first-order chi connectivity index (χ1) is 8.15. The number of rotatable bonds is 4. The monoisotopic (exact) mass is 235 g/mol. The van der Waals surface area contributed by atoms with Gasteiger partial charge >= 0.3 is 0 Å². The van der Waals surface area contributed by atoms with Gasteiger partial charge in [0.05, 0.1) is 0 Å². The maximum Gasteiger partial charge on any atom is 0.127 e. The number of hydrogen-bond acceptors (Lipinski definition) is 2. The van der Waals surface area contributed by atoms with Crippen LogP contribution in [0.25, 0.3) is 0 Å². The van der Waals surface area contributed by atoms with E-state index in [2.05, 4.69) is 0 Å². The lowest BCUT2D eigenvalue weighted by Crippen LogP contribution is -2.35. The number of hydrogen-bond donors (Lipinski definition) is 0. The molecule has 0 heterocycles. The van der Waals surface area contributed by atoms with E-state index in [0.717, 1.165) is 37.7 Å². The standard InChI is InChI=1S/C14H18FNO/c1-16(13-6-4-5-12(15)9-13)10-14(11-17)7-2-3-8-14/h4-6,9,11H,2-3,7-8,10H2,1H3. The van der Waals surface area contributed by atoms with Crippen LogP contribution >= 0.6 is 0 Å². The van der Waals surface area contributed by atoms with Crippen molar-refractivity contribution in [3.8, 4) is 0 Å². The summed E-state index contributed by atoms with van der Waals surface area (Å²) >= 11 is 0. The van der Waals surface area contributed by atoms with Crippen LogP contribution < -0.4 is 4.90 Å². The third-order valence-corrected chi connectivity index (χ3v) is 3.65. The molecule has 92 valence electrons. The largest absolute Gasteiger partial charge is 0.374 e. The summed E-state index contributed by atoms with van der Waals surface area (Å²) in [6, 6.07) is 6.51. The summed E-state index contributed by atoms with van der Waals surface area (Å²) in [5, 5.41) is 0. The maximum atomic E-state index is 13.1. The lowest BCUT2D eigenvalue weighted by Gasteiger charge is -2.30. The van der Waals surface area contributed by atoms with E-state index in [4.69, 9.17) is 0 Å². The molecule has 0 bridgehead atoms. The molecule has 0 saturated heterocycles. The van der Waals surface area contributed by atoms with Gasteiger partial charge in [0, 0.05) is 24.7 Å². The lowest BCUT2D eigenvalue weighted by molar-refractivity contribution is -0.115. The van der Waals surface area contributed by atoms with Crippen LogP contribution in [-0.4, -0.2) is 19.9 Å². The number of anilines is 1. The van der Waals surface area contributed by atoms with Crippen molar-refractivity contribution in [2.75, 3.05) is 18.5 Å². The second kappa shape index (κ2) is 4.86. The summed E-state index contributed by atoms with van der Waals surface area (Å²) in [6.07, 6.45) is 5.24. The predicted octanol–water partition coefficient (Wildman–Crippen LogP) is 3.02. The Bertz CT molecular complexity index is 399. The highest BCUT2D eigenvalue weighted by Gasteiger charge is 2.34. The van der Waals surface area contributed by atoms with Crippen LogP contribution in [0.15, 0.2) is 24.3 Å². The third kappa shape index (κ3) is 2.65. The Kier molecular flexibility index (Phi) is 3.46. The Morgan fingerprint density at radius 3 is 2.71 bits per heavy atom. The molecule has 0 atom stereocenters. The van der Waals surface area contributed by atoms with E-state index >= 15 is 0 Å². The first kappa shape index (κ1) is 12.1. The van der Waals surface area contributed by atoms with E-state index in [0.29, 0.717) is 6.54 Å². The Labute approximate surface area is 101 Å². The highest BCUT2D eigenvalue weighted by molar-refractivity contribution is 5.62. The molecule has 0 spiro atoms. The van der Waals surface area contributed by atoms with Crippen molar-refractivity contribution in [3.05, 3.63) is 30.1 Å². The van der Waals surface area contributed by atoms with Crippen molar-refractivity contribution in [2.45, 2.75) is 25.7 Å². The second-order valence-corrected chi connectivity index (χ2v) is 5.02. The number of nitrogens with zero attached hydrogens (tertiary/aromatic N) is 1. The summed E-state index contributed by atoms with van der Waals surface area (Å²) in [7, 11) is 1.92. The average Bonchev–Trinajstić information content (AvgIpc) is 2.78. The normalized spacial score (nSPS) is 18.0. The molecule has 17 heavy (non-hydrogen) atoms. The molecule has 0 aromatic heterocycles. The molecule has 1 fully saturated rings. The zero-order valence-corrected chi connectivity index (χ0v) is 10.2. The summed E-state index contributed by atoms with van der Waals surface area (Å²) in [4.78, 5) is 13.2. The van der Waals surface area contributed by atoms with Gasteiger partial charge in [-0.1, -0.05) is 18.9 Å². The molecule has 0 radical (unpaired) electrons. The van der Waals surface area contributed by atoms with E-state index in [1.54, 1.807) is 6.07 Å². The molecule has 1 saturated carbocycles. The minimum atomic E-state index is -0.235. The van der Waals surface area contributed by atoms with Gasteiger partial charge in [-0.05, 0) is 31.0 Å². The number of benzene rings is 1. The van der Waals surface area contributed by atoms with Crippen molar-refractivity contribution in [2.24, 2.45) is 5.41 Å². The van der Waals surface area contributed by atoms with Gasteiger partial charge in [-0.15, -0.1) is 0 Å². The molecule has 2 nitrogen and oxygen atoms in total. The molecule has 0 amide bonds. The number of aldehydes is 1. The van der Waals surface area contributed by atoms with Crippen molar-refractivity contribution in [1.29, 1.82) is 0 Å². The molecule has 1 aliphatic carbocycles. The van der Waals surface area contributed by atoms with Crippen LogP contribution in [0, 0.1) is 11.2 Å². The summed E-state index contributed by atoms with van der Waals surface area (Å²) in [5.74, 6) is -0.235. The SMILES string of the molecule is CN(CC1(C=O)CCCC1)c1cccc(F)c1. The van der Waals surface area contributed by atoms with Gasteiger partial charge in [-0.2, -0.15) is 0 Å². The maximum absolute atomic E-state index is 13.1. The molecule has 0 N–H and O–H groups in total. The minimum absolute atomic E-state index is 0.221. The highest BCUT2D eigenvalue weighted by Crippen LogP contribution is 2.37.